The van der Waals surface area contributed by atoms with Crippen LogP contribution in [0.4, 0.5) is 4.39 Å². The Bertz CT molecular complexity index is 366. The number of phenolic OH excluding ortho intramolecular Hbond substituents is 1. The van der Waals surface area contributed by atoms with Crippen LogP contribution in [-0.2, 0) is 0 Å². The molecule has 0 saturated carbocycles. The van der Waals surface area contributed by atoms with Crippen molar-refractivity contribution in [2.75, 3.05) is 0 Å². The molecule has 3 nitrogen and oxygen atoms in total. The molecule has 0 aliphatic heterocycles. The minimum absolute atomic E-state index is 0.0187. The Morgan fingerprint density at radius 1 is 1.64 bits per heavy atom. The highest BCUT2D eigenvalue weighted by Gasteiger charge is 2.16. The van der Waals surface area contributed by atoms with E-state index in [9.17, 15) is 9.50 Å². The van der Waals surface area contributed by atoms with Crippen LogP contribution in [0, 0.1) is 17.1 Å². The molecule has 0 unspecified atom stereocenters. The van der Waals surface area contributed by atoms with Gasteiger partial charge in [0.25, 0.3) is 0 Å². The second kappa shape index (κ2) is 4.40. The van der Waals surface area contributed by atoms with E-state index in [0.29, 0.717) is 4.47 Å². The molecule has 14 heavy (non-hydrogen) atoms. The Morgan fingerprint density at radius 3 is 2.79 bits per heavy atom. The van der Waals surface area contributed by atoms with E-state index in [1.54, 1.807) is 0 Å². The number of phenols is 1. The zero-order valence-electron chi connectivity index (χ0n) is 7.17. The predicted molar refractivity (Wildman–Crippen MR) is 52.9 cm³/mol. The molecule has 0 radical (unpaired) electrons. The molecule has 5 heteroatoms. The van der Waals surface area contributed by atoms with Crippen molar-refractivity contribution >= 4 is 15.9 Å². The fraction of sp³-hybridized carbons (Fsp3) is 0.222. The average Bonchev–Trinajstić information content (AvgIpc) is 2.01. The van der Waals surface area contributed by atoms with E-state index in [1.165, 1.54) is 12.1 Å². The molecule has 1 aromatic rings. The predicted octanol–water partition coefficient (Wildman–Crippen LogP) is 2.21. The molecule has 0 aliphatic carbocycles. The number of halogens is 2. The molecule has 3 N–H and O–H groups in total. The lowest BCUT2D eigenvalue weighted by Crippen LogP contribution is -2.11. The number of rotatable bonds is 2. The fourth-order valence-corrected chi connectivity index (χ4v) is 1.56. The standard InChI is InChI=1S/C9H8BrFN2O/c10-5-3-6(11)9(8(14)4-5)7(13)1-2-12/h3-4,7,14H,1,13H2/t7-/m0/s1. The van der Waals surface area contributed by atoms with E-state index in [-0.39, 0.29) is 17.7 Å². The second-order valence-electron chi connectivity index (χ2n) is 2.79. The average molecular weight is 259 g/mol. The third-order valence-electron chi connectivity index (χ3n) is 1.75. The molecule has 74 valence electrons. The number of hydrogen-bond donors (Lipinski definition) is 2. The monoisotopic (exact) mass is 258 g/mol. The number of nitriles is 1. The minimum Gasteiger partial charge on any atom is -0.507 e. The fourth-order valence-electron chi connectivity index (χ4n) is 1.14. The van der Waals surface area contributed by atoms with Gasteiger partial charge in [0, 0.05) is 16.1 Å². The lowest BCUT2D eigenvalue weighted by atomic mass is 10.0. The van der Waals surface area contributed by atoms with Gasteiger partial charge in [-0.05, 0) is 12.1 Å². The zero-order valence-corrected chi connectivity index (χ0v) is 8.75. The summed E-state index contributed by atoms with van der Waals surface area (Å²) in [4.78, 5) is 0. The highest BCUT2D eigenvalue weighted by atomic mass is 79.9. The molecule has 0 aliphatic rings. The molecule has 1 rings (SSSR count). The normalized spacial score (nSPS) is 12.1. The van der Waals surface area contributed by atoms with Crippen molar-refractivity contribution in [2.45, 2.75) is 12.5 Å². The van der Waals surface area contributed by atoms with E-state index in [1.807, 2.05) is 6.07 Å². The van der Waals surface area contributed by atoms with Gasteiger partial charge in [-0.1, -0.05) is 15.9 Å². The van der Waals surface area contributed by atoms with Gasteiger partial charge in [-0.15, -0.1) is 0 Å². The van der Waals surface area contributed by atoms with Crippen molar-refractivity contribution in [1.82, 2.24) is 0 Å². The molecule has 0 fully saturated rings. The lowest BCUT2D eigenvalue weighted by molar-refractivity contribution is 0.449. The van der Waals surface area contributed by atoms with Crippen LogP contribution < -0.4 is 5.73 Å². The molecule has 0 saturated heterocycles. The Kier molecular flexibility index (Phi) is 3.44. The summed E-state index contributed by atoms with van der Waals surface area (Å²) < 4.78 is 13.7. The highest BCUT2D eigenvalue weighted by molar-refractivity contribution is 9.10. The van der Waals surface area contributed by atoms with Crippen LogP contribution in [-0.4, -0.2) is 5.11 Å². The summed E-state index contributed by atoms with van der Waals surface area (Å²) in [6.45, 7) is 0. The topological polar surface area (TPSA) is 70.0 Å². The molecule has 0 amide bonds. The van der Waals surface area contributed by atoms with Crippen LogP contribution in [0.3, 0.4) is 0 Å². The summed E-state index contributed by atoms with van der Waals surface area (Å²) in [6, 6.07) is 3.57. The van der Waals surface area contributed by atoms with Gasteiger partial charge in [0.1, 0.15) is 11.6 Å². The van der Waals surface area contributed by atoms with Crippen LogP contribution in [0.15, 0.2) is 16.6 Å². The molecular weight excluding hydrogens is 251 g/mol. The van der Waals surface area contributed by atoms with Gasteiger partial charge in [0.05, 0.1) is 12.5 Å². The molecule has 0 bridgehead atoms. The van der Waals surface area contributed by atoms with Gasteiger partial charge in [-0.2, -0.15) is 5.26 Å². The van der Waals surface area contributed by atoms with Crippen LogP contribution in [0.1, 0.15) is 18.0 Å². The van der Waals surface area contributed by atoms with Gasteiger partial charge in [-0.25, -0.2) is 4.39 Å². The van der Waals surface area contributed by atoms with E-state index in [2.05, 4.69) is 15.9 Å². The lowest BCUT2D eigenvalue weighted by Gasteiger charge is -2.11. The summed E-state index contributed by atoms with van der Waals surface area (Å²) in [5.41, 5.74) is 5.50. The Balaban J connectivity index is 3.15. The number of aromatic hydroxyl groups is 1. The molecule has 0 spiro atoms. The number of nitrogens with two attached hydrogens (primary N) is 1. The smallest absolute Gasteiger partial charge is 0.132 e. The minimum atomic E-state index is -0.798. The van der Waals surface area contributed by atoms with E-state index < -0.39 is 11.9 Å². The first-order valence-corrected chi connectivity index (χ1v) is 4.66. The van der Waals surface area contributed by atoms with Crippen molar-refractivity contribution in [3.8, 4) is 11.8 Å². The van der Waals surface area contributed by atoms with Crippen molar-refractivity contribution in [2.24, 2.45) is 5.73 Å². The van der Waals surface area contributed by atoms with Crippen molar-refractivity contribution in [3.63, 3.8) is 0 Å². The third kappa shape index (κ3) is 2.22. The van der Waals surface area contributed by atoms with Gasteiger partial charge >= 0.3 is 0 Å². The van der Waals surface area contributed by atoms with E-state index >= 15 is 0 Å². The SMILES string of the molecule is N#CC[C@H](N)c1c(O)cc(Br)cc1F. The first-order chi connectivity index (χ1) is 6.56. The molecule has 0 heterocycles. The van der Waals surface area contributed by atoms with Crippen LogP contribution in [0.25, 0.3) is 0 Å². The second-order valence-corrected chi connectivity index (χ2v) is 3.70. The first kappa shape index (κ1) is 11.0. The summed E-state index contributed by atoms with van der Waals surface area (Å²) in [6.07, 6.45) is -0.0356. The quantitative estimate of drug-likeness (QED) is 0.855. The number of nitrogens with zero attached hydrogens (tertiary/aromatic N) is 1. The van der Waals surface area contributed by atoms with E-state index in [4.69, 9.17) is 11.0 Å². The molecule has 0 aromatic heterocycles. The Hall–Kier alpha value is -1.12. The van der Waals surface area contributed by atoms with Gasteiger partial charge < -0.3 is 10.8 Å². The van der Waals surface area contributed by atoms with Crippen LogP contribution in [0.2, 0.25) is 0 Å². The summed E-state index contributed by atoms with van der Waals surface area (Å²) >= 11 is 3.03. The van der Waals surface area contributed by atoms with Crippen LogP contribution >= 0.6 is 15.9 Å². The third-order valence-corrected chi connectivity index (χ3v) is 2.21. The van der Waals surface area contributed by atoms with Crippen molar-refractivity contribution < 1.29 is 9.50 Å². The number of benzene rings is 1. The maximum Gasteiger partial charge on any atom is 0.132 e. The molecular formula is C9H8BrFN2O. The maximum absolute atomic E-state index is 13.3. The largest absolute Gasteiger partial charge is 0.507 e. The summed E-state index contributed by atoms with van der Waals surface area (Å²) in [5.74, 6) is -0.848. The Labute approximate surface area is 89.1 Å². The van der Waals surface area contributed by atoms with Crippen LogP contribution in [0.5, 0.6) is 5.75 Å². The molecule has 1 aromatic carbocycles. The van der Waals surface area contributed by atoms with E-state index in [0.717, 1.165) is 0 Å². The summed E-state index contributed by atoms with van der Waals surface area (Å²) in [7, 11) is 0. The molecule has 1 atom stereocenters. The van der Waals surface area contributed by atoms with Gasteiger partial charge in [0.2, 0.25) is 0 Å². The van der Waals surface area contributed by atoms with Crippen molar-refractivity contribution in [1.29, 1.82) is 5.26 Å². The number of hydrogen-bond acceptors (Lipinski definition) is 3. The maximum atomic E-state index is 13.3. The van der Waals surface area contributed by atoms with Gasteiger partial charge in [0.15, 0.2) is 0 Å². The Morgan fingerprint density at radius 2 is 2.29 bits per heavy atom. The van der Waals surface area contributed by atoms with Gasteiger partial charge in [-0.3, -0.25) is 0 Å². The summed E-state index contributed by atoms with van der Waals surface area (Å²) in [5, 5.41) is 17.8. The highest BCUT2D eigenvalue weighted by Crippen LogP contribution is 2.30. The first-order valence-electron chi connectivity index (χ1n) is 3.86. The van der Waals surface area contributed by atoms with Crippen molar-refractivity contribution in [3.05, 3.63) is 28.0 Å². The zero-order chi connectivity index (χ0) is 10.7.